The smallest absolute Gasteiger partial charge is 0.160 e. The summed E-state index contributed by atoms with van der Waals surface area (Å²) >= 11 is 0. The average Bonchev–Trinajstić information content (AvgIpc) is 3.16. The normalized spacial score (nSPS) is 21.9. The molecule has 1 N–H and O–H groups in total. The number of hydrogen-bond acceptors (Lipinski definition) is 4. The third-order valence-electron chi connectivity index (χ3n) is 5.46. The molecular formula is C25H26O4. The predicted molar refractivity (Wildman–Crippen MR) is 111 cm³/mol. The van der Waals surface area contributed by atoms with Crippen molar-refractivity contribution in [3.63, 3.8) is 0 Å². The maximum atomic E-state index is 10.4. The Morgan fingerprint density at radius 2 is 1.28 bits per heavy atom. The Balaban J connectivity index is 1.78. The fourth-order valence-electron chi connectivity index (χ4n) is 3.97. The van der Waals surface area contributed by atoms with Crippen molar-refractivity contribution in [1.82, 2.24) is 0 Å². The van der Waals surface area contributed by atoms with Gasteiger partial charge in [-0.1, -0.05) is 91.0 Å². The van der Waals surface area contributed by atoms with Crippen molar-refractivity contribution in [2.45, 2.75) is 30.5 Å². The van der Waals surface area contributed by atoms with E-state index in [1.54, 1.807) is 7.11 Å². The van der Waals surface area contributed by atoms with Crippen molar-refractivity contribution >= 4 is 0 Å². The lowest BCUT2D eigenvalue weighted by molar-refractivity contribution is -0.144. The molecule has 0 bridgehead atoms. The minimum absolute atomic E-state index is 0.236. The van der Waals surface area contributed by atoms with E-state index < -0.39 is 24.1 Å². The molecule has 0 spiro atoms. The zero-order chi connectivity index (χ0) is 20.1. The van der Waals surface area contributed by atoms with Crippen LogP contribution in [0.25, 0.3) is 0 Å². The molecule has 0 aromatic heterocycles. The molecule has 3 aromatic rings. The summed E-state index contributed by atoms with van der Waals surface area (Å²) in [6.07, 6.45) is -1.03. The van der Waals surface area contributed by atoms with Crippen LogP contribution in [0.15, 0.2) is 91.0 Å². The SMILES string of the molecule is CO[C@@H]1C[C@H](O)[C@@H](COC(c2ccccc2)(c2ccccc2)c2ccccc2)O1. The van der Waals surface area contributed by atoms with Gasteiger partial charge < -0.3 is 19.3 Å². The number of aliphatic hydroxyl groups excluding tert-OH is 1. The number of rotatable bonds is 7. The van der Waals surface area contributed by atoms with Gasteiger partial charge in [0.25, 0.3) is 0 Å². The van der Waals surface area contributed by atoms with Gasteiger partial charge >= 0.3 is 0 Å². The van der Waals surface area contributed by atoms with Gasteiger partial charge in [0.15, 0.2) is 6.29 Å². The highest BCUT2D eigenvalue weighted by atomic mass is 16.7. The zero-order valence-corrected chi connectivity index (χ0v) is 16.5. The summed E-state index contributed by atoms with van der Waals surface area (Å²) in [6.45, 7) is 0.236. The minimum Gasteiger partial charge on any atom is -0.390 e. The molecule has 0 unspecified atom stereocenters. The first-order valence-corrected chi connectivity index (χ1v) is 9.91. The summed E-state index contributed by atoms with van der Waals surface area (Å²) in [4.78, 5) is 0. The van der Waals surface area contributed by atoms with Crippen LogP contribution in [0, 0.1) is 0 Å². The third-order valence-corrected chi connectivity index (χ3v) is 5.46. The molecule has 1 aliphatic heterocycles. The van der Waals surface area contributed by atoms with Crippen LogP contribution in [0.4, 0.5) is 0 Å². The van der Waals surface area contributed by atoms with E-state index in [2.05, 4.69) is 36.4 Å². The summed E-state index contributed by atoms with van der Waals surface area (Å²) in [5.74, 6) is 0. The van der Waals surface area contributed by atoms with Crippen molar-refractivity contribution < 1.29 is 19.3 Å². The van der Waals surface area contributed by atoms with Crippen molar-refractivity contribution in [2.75, 3.05) is 13.7 Å². The molecule has 3 aromatic carbocycles. The van der Waals surface area contributed by atoms with Gasteiger partial charge in [-0.25, -0.2) is 0 Å². The number of aliphatic hydroxyl groups is 1. The maximum Gasteiger partial charge on any atom is 0.160 e. The van der Waals surface area contributed by atoms with Crippen LogP contribution >= 0.6 is 0 Å². The second-order valence-electron chi connectivity index (χ2n) is 7.23. The number of ether oxygens (including phenoxy) is 3. The molecule has 1 aliphatic rings. The van der Waals surface area contributed by atoms with Gasteiger partial charge in [-0.15, -0.1) is 0 Å². The molecule has 1 heterocycles. The van der Waals surface area contributed by atoms with Crippen LogP contribution < -0.4 is 0 Å². The number of hydrogen-bond donors (Lipinski definition) is 1. The van der Waals surface area contributed by atoms with Crippen molar-refractivity contribution in [2.24, 2.45) is 0 Å². The molecule has 1 saturated heterocycles. The van der Waals surface area contributed by atoms with E-state index in [9.17, 15) is 5.11 Å². The van der Waals surface area contributed by atoms with Gasteiger partial charge in [-0.3, -0.25) is 0 Å². The Morgan fingerprint density at radius 1 is 0.828 bits per heavy atom. The van der Waals surface area contributed by atoms with Crippen molar-refractivity contribution in [3.05, 3.63) is 108 Å². The Hall–Kier alpha value is -2.50. The summed E-state index contributed by atoms with van der Waals surface area (Å²) in [7, 11) is 1.59. The molecule has 0 saturated carbocycles. The van der Waals surface area contributed by atoms with E-state index in [0.717, 1.165) is 16.7 Å². The van der Waals surface area contributed by atoms with Gasteiger partial charge in [-0.05, 0) is 16.7 Å². The highest BCUT2D eigenvalue weighted by molar-refractivity contribution is 5.47. The van der Waals surface area contributed by atoms with E-state index in [4.69, 9.17) is 14.2 Å². The Kier molecular flexibility index (Phi) is 6.07. The maximum absolute atomic E-state index is 10.4. The van der Waals surface area contributed by atoms with Crippen molar-refractivity contribution in [1.29, 1.82) is 0 Å². The quantitative estimate of drug-likeness (QED) is 0.617. The largest absolute Gasteiger partial charge is 0.390 e. The standard InChI is InChI=1S/C25H26O4/c1-27-24-17-22(26)23(29-24)18-28-25(19-11-5-2-6-12-19,20-13-7-3-8-14-20)21-15-9-4-10-16-21/h2-16,22-24,26H,17-18H2,1H3/t22-,23+,24-/m0/s1. The molecule has 1 fully saturated rings. The van der Waals surface area contributed by atoms with E-state index in [1.807, 2.05) is 54.6 Å². The van der Waals surface area contributed by atoms with Gasteiger partial charge in [0.2, 0.25) is 0 Å². The Labute approximate surface area is 171 Å². The van der Waals surface area contributed by atoms with E-state index in [-0.39, 0.29) is 6.61 Å². The first-order valence-electron chi connectivity index (χ1n) is 9.91. The molecular weight excluding hydrogens is 364 g/mol. The molecule has 29 heavy (non-hydrogen) atoms. The Bertz CT molecular complexity index is 786. The molecule has 0 aliphatic carbocycles. The van der Waals surface area contributed by atoms with Crippen LogP contribution in [0.3, 0.4) is 0 Å². The van der Waals surface area contributed by atoms with Gasteiger partial charge in [0, 0.05) is 13.5 Å². The lowest BCUT2D eigenvalue weighted by Crippen LogP contribution is -2.38. The van der Waals surface area contributed by atoms with Crippen molar-refractivity contribution in [3.8, 4) is 0 Å². The van der Waals surface area contributed by atoms with Crippen LogP contribution in [0.1, 0.15) is 23.1 Å². The van der Waals surface area contributed by atoms with Crippen LogP contribution in [-0.4, -0.2) is 37.3 Å². The minimum atomic E-state index is -0.821. The molecule has 0 radical (unpaired) electrons. The topological polar surface area (TPSA) is 47.9 Å². The third kappa shape index (κ3) is 3.98. The summed E-state index contributed by atoms with van der Waals surface area (Å²) < 4.78 is 17.8. The highest BCUT2D eigenvalue weighted by Gasteiger charge is 2.41. The van der Waals surface area contributed by atoms with Crippen LogP contribution in [0.2, 0.25) is 0 Å². The highest BCUT2D eigenvalue weighted by Crippen LogP contribution is 2.41. The molecule has 4 nitrogen and oxygen atoms in total. The molecule has 4 rings (SSSR count). The molecule has 3 atom stereocenters. The van der Waals surface area contributed by atoms with E-state index in [1.165, 1.54) is 0 Å². The predicted octanol–water partition coefficient (Wildman–Crippen LogP) is 4.12. The summed E-state index contributed by atoms with van der Waals surface area (Å²) in [5, 5.41) is 10.4. The van der Waals surface area contributed by atoms with Crippen LogP contribution in [0.5, 0.6) is 0 Å². The molecule has 4 heteroatoms. The van der Waals surface area contributed by atoms with E-state index >= 15 is 0 Å². The van der Waals surface area contributed by atoms with Gasteiger partial charge in [-0.2, -0.15) is 0 Å². The molecule has 0 amide bonds. The number of benzene rings is 3. The number of methoxy groups -OCH3 is 1. The second kappa shape index (κ2) is 8.89. The summed E-state index contributed by atoms with van der Waals surface area (Å²) in [5.41, 5.74) is 2.24. The van der Waals surface area contributed by atoms with Gasteiger partial charge in [0.05, 0.1) is 12.7 Å². The second-order valence-corrected chi connectivity index (χ2v) is 7.23. The van der Waals surface area contributed by atoms with E-state index in [0.29, 0.717) is 6.42 Å². The Morgan fingerprint density at radius 3 is 1.66 bits per heavy atom. The average molecular weight is 390 g/mol. The fourth-order valence-corrected chi connectivity index (χ4v) is 3.97. The first kappa shape index (κ1) is 19.8. The van der Waals surface area contributed by atoms with Gasteiger partial charge in [0.1, 0.15) is 11.7 Å². The first-order chi connectivity index (χ1) is 14.2. The fraction of sp³-hybridized carbons (Fsp3) is 0.280. The zero-order valence-electron chi connectivity index (χ0n) is 16.5. The van der Waals surface area contributed by atoms with Crippen LogP contribution in [-0.2, 0) is 19.8 Å². The molecule has 150 valence electrons. The summed E-state index contributed by atoms with van der Waals surface area (Å²) in [6, 6.07) is 30.5. The lowest BCUT2D eigenvalue weighted by atomic mass is 9.80. The monoisotopic (exact) mass is 390 g/mol. The lowest BCUT2D eigenvalue weighted by Gasteiger charge is -2.37.